The smallest absolute Gasteiger partial charge is 0.284 e. The first-order valence-electron chi connectivity index (χ1n) is 12.3. The number of fused-ring (bicyclic) bond motifs is 1. The first kappa shape index (κ1) is 25.1. The molecule has 0 bridgehead atoms. The van der Waals surface area contributed by atoms with Crippen molar-refractivity contribution in [3.05, 3.63) is 65.7 Å². The number of nitrogens with one attached hydrogen (secondary N) is 2. The van der Waals surface area contributed by atoms with E-state index in [1.54, 1.807) is 47.1 Å². The van der Waals surface area contributed by atoms with Gasteiger partial charge in [0.05, 0.1) is 34.1 Å². The lowest BCUT2D eigenvalue weighted by atomic mass is 9.92. The molecular formula is C25H23IN10O3. The minimum absolute atomic E-state index is 0.00415. The zero-order chi connectivity index (χ0) is 27.1. The summed E-state index contributed by atoms with van der Waals surface area (Å²) >= 11 is 1.86. The number of nitrogens with zero attached hydrogens (tertiary/aromatic N) is 8. The number of amides is 3. The molecule has 39 heavy (non-hydrogen) atoms. The summed E-state index contributed by atoms with van der Waals surface area (Å²) in [6.45, 7) is 1.21. The second kappa shape index (κ2) is 10.2. The van der Waals surface area contributed by atoms with Gasteiger partial charge in [0.1, 0.15) is 0 Å². The minimum Gasteiger partial charge on any atom is -0.337 e. The highest BCUT2D eigenvalue weighted by Crippen LogP contribution is 2.31. The highest BCUT2D eigenvalue weighted by atomic mass is 127. The van der Waals surface area contributed by atoms with Crippen LogP contribution >= 0.6 is 22.9 Å². The fourth-order valence-electron chi connectivity index (χ4n) is 4.27. The van der Waals surface area contributed by atoms with E-state index in [0.29, 0.717) is 30.0 Å². The molecule has 1 aliphatic carbocycles. The molecule has 2 N–H and O–H groups in total. The van der Waals surface area contributed by atoms with E-state index in [9.17, 15) is 14.4 Å². The monoisotopic (exact) mass is 638 g/mol. The van der Waals surface area contributed by atoms with Crippen molar-refractivity contribution in [2.75, 3.05) is 30.8 Å². The third kappa shape index (κ3) is 5.23. The summed E-state index contributed by atoms with van der Waals surface area (Å²) in [5.41, 5.74) is 2.61. The lowest BCUT2D eigenvalue weighted by molar-refractivity contribution is -0.117. The van der Waals surface area contributed by atoms with Crippen molar-refractivity contribution in [3.8, 4) is 0 Å². The topological polar surface area (TPSA) is 151 Å². The standard InChI is InChI=1S/C25H23IN10O3/c1-34(26)24(39)21-18(9-19(31-32-21)29-22(37)14-4-5-14)28-25-30-20-7-6-16(13-36(20)33-25)17-11-35(12-17)23(38)15-3-2-8-27-10-15/h2-3,6-10,13-14,17H,4-5,11-12H2,1H3,(H2,28,29,31,33,37). The summed E-state index contributed by atoms with van der Waals surface area (Å²) in [4.78, 5) is 47.9. The van der Waals surface area contributed by atoms with Crippen molar-refractivity contribution in [2.24, 2.45) is 5.92 Å². The van der Waals surface area contributed by atoms with Crippen molar-refractivity contribution in [2.45, 2.75) is 18.8 Å². The number of halogens is 1. The average Bonchev–Trinajstić information content (AvgIpc) is 3.68. The predicted molar refractivity (Wildman–Crippen MR) is 149 cm³/mol. The number of likely N-dealkylation sites (tertiary alicyclic amines) is 1. The quantitative estimate of drug-likeness (QED) is 0.230. The number of pyridine rings is 2. The van der Waals surface area contributed by atoms with Crippen molar-refractivity contribution in [3.63, 3.8) is 0 Å². The Morgan fingerprint density at radius 3 is 2.67 bits per heavy atom. The molecule has 1 saturated carbocycles. The molecule has 5 heterocycles. The Morgan fingerprint density at radius 1 is 1.13 bits per heavy atom. The molecule has 2 fully saturated rings. The molecule has 0 spiro atoms. The van der Waals surface area contributed by atoms with Crippen LogP contribution in [0, 0.1) is 5.92 Å². The maximum atomic E-state index is 12.7. The number of carbonyl (C=O) groups is 3. The van der Waals surface area contributed by atoms with E-state index in [4.69, 9.17) is 0 Å². The number of carbonyl (C=O) groups excluding carboxylic acids is 3. The molecule has 4 aromatic rings. The first-order chi connectivity index (χ1) is 18.9. The number of anilines is 3. The maximum absolute atomic E-state index is 12.7. The van der Waals surface area contributed by atoms with Gasteiger partial charge in [0, 0.05) is 56.6 Å². The van der Waals surface area contributed by atoms with Gasteiger partial charge >= 0.3 is 0 Å². The SMILES string of the molecule is CN(I)C(=O)c1nnc(NC(=O)C2CC2)cc1Nc1nc2ccc(C3CN(C(=O)c4cccnc4)C3)cn2n1. The van der Waals surface area contributed by atoms with Gasteiger partial charge in [-0.1, -0.05) is 6.07 Å². The van der Waals surface area contributed by atoms with Crippen LogP contribution in [0.4, 0.5) is 17.5 Å². The van der Waals surface area contributed by atoms with Gasteiger partial charge in [-0.05, 0) is 36.6 Å². The van der Waals surface area contributed by atoms with Gasteiger partial charge in [0.15, 0.2) is 17.2 Å². The van der Waals surface area contributed by atoms with Gasteiger partial charge in [0.25, 0.3) is 11.8 Å². The highest BCUT2D eigenvalue weighted by molar-refractivity contribution is 14.1. The van der Waals surface area contributed by atoms with E-state index in [2.05, 4.69) is 35.9 Å². The summed E-state index contributed by atoms with van der Waals surface area (Å²) in [6, 6.07) is 8.90. The lowest BCUT2D eigenvalue weighted by Gasteiger charge is -2.39. The number of aromatic nitrogens is 6. The fraction of sp³-hybridized carbons (Fsp3) is 0.280. The van der Waals surface area contributed by atoms with E-state index >= 15 is 0 Å². The molecule has 0 radical (unpaired) electrons. The molecule has 0 unspecified atom stereocenters. The Bertz CT molecular complexity index is 1580. The summed E-state index contributed by atoms with van der Waals surface area (Å²) in [6.07, 6.45) is 6.82. The van der Waals surface area contributed by atoms with E-state index in [1.807, 2.05) is 41.2 Å². The number of hydrogen-bond donors (Lipinski definition) is 2. The maximum Gasteiger partial charge on any atom is 0.284 e. The highest BCUT2D eigenvalue weighted by Gasteiger charge is 2.33. The van der Waals surface area contributed by atoms with Crippen LogP contribution in [0.15, 0.2) is 48.9 Å². The third-order valence-electron chi connectivity index (χ3n) is 6.62. The minimum atomic E-state index is -0.368. The molecule has 0 atom stereocenters. The van der Waals surface area contributed by atoms with Crippen LogP contribution in [0.3, 0.4) is 0 Å². The van der Waals surface area contributed by atoms with Crippen molar-refractivity contribution in [1.29, 1.82) is 0 Å². The molecule has 13 nitrogen and oxygen atoms in total. The Balaban J connectivity index is 1.20. The van der Waals surface area contributed by atoms with Gasteiger partial charge in [-0.2, -0.15) is 4.98 Å². The molecule has 198 valence electrons. The lowest BCUT2D eigenvalue weighted by Crippen LogP contribution is -2.48. The van der Waals surface area contributed by atoms with Crippen LogP contribution in [-0.2, 0) is 4.79 Å². The van der Waals surface area contributed by atoms with E-state index < -0.39 is 0 Å². The summed E-state index contributed by atoms with van der Waals surface area (Å²) < 4.78 is 3.01. The second-order valence-corrected chi connectivity index (χ2v) is 11.0. The molecule has 3 amide bonds. The second-order valence-electron chi connectivity index (χ2n) is 9.51. The molecule has 2 aliphatic rings. The zero-order valence-corrected chi connectivity index (χ0v) is 22.9. The van der Waals surface area contributed by atoms with Crippen molar-refractivity contribution in [1.82, 2.24) is 37.8 Å². The van der Waals surface area contributed by atoms with Crippen LogP contribution in [0.25, 0.3) is 5.65 Å². The van der Waals surface area contributed by atoms with Gasteiger partial charge < -0.3 is 15.5 Å². The van der Waals surface area contributed by atoms with Gasteiger partial charge in [-0.25, -0.2) is 4.52 Å². The number of hydrogen-bond acceptors (Lipinski definition) is 9. The molecule has 6 rings (SSSR count). The molecule has 1 saturated heterocycles. The normalized spacial score (nSPS) is 15.1. The predicted octanol–water partition coefficient (Wildman–Crippen LogP) is 2.67. The van der Waals surface area contributed by atoms with E-state index in [0.717, 1.165) is 18.4 Å². The molecular weight excluding hydrogens is 615 g/mol. The van der Waals surface area contributed by atoms with Crippen LogP contribution in [0.2, 0.25) is 0 Å². The molecule has 4 aromatic heterocycles. The van der Waals surface area contributed by atoms with Crippen LogP contribution in [0.1, 0.15) is 45.2 Å². The third-order valence-corrected chi connectivity index (χ3v) is 7.06. The zero-order valence-electron chi connectivity index (χ0n) is 20.8. The van der Waals surface area contributed by atoms with Gasteiger partial charge in [0.2, 0.25) is 11.9 Å². The molecule has 14 heteroatoms. The Morgan fingerprint density at radius 2 is 1.95 bits per heavy atom. The van der Waals surface area contributed by atoms with Crippen LogP contribution in [0.5, 0.6) is 0 Å². The summed E-state index contributed by atoms with van der Waals surface area (Å²) in [5.74, 6) is 0.156. The Kier molecular flexibility index (Phi) is 6.54. The summed E-state index contributed by atoms with van der Waals surface area (Å²) in [5, 5.41) is 18.4. The number of rotatable bonds is 7. The summed E-state index contributed by atoms with van der Waals surface area (Å²) in [7, 11) is 1.60. The first-order valence-corrected chi connectivity index (χ1v) is 13.3. The van der Waals surface area contributed by atoms with Crippen molar-refractivity contribution >= 4 is 63.7 Å². The largest absolute Gasteiger partial charge is 0.337 e. The molecule has 1 aliphatic heterocycles. The van der Waals surface area contributed by atoms with Gasteiger partial charge in [-0.3, -0.25) is 22.5 Å². The van der Waals surface area contributed by atoms with E-state index in [1.165, 1.54) is 3.11 Å². The van der Waals surface area contributed by atoms with Crippen LogP contribution < -0.4 is 10.6 Å². The van der Waals surface area contributed by atoms with Crippen molar-refractivity contribution < 1.29 is 14.4 Å². The van der Waals surface area contributed by atoms with E-state index in [-0.39, 0.29) is 47.0 Å². The Labute approximate surface area is 236 Å². The Hall–Kier alpha value is -4.21. The average molecular weight is 638 g/mol. The van der Waals surface area contributed by atoms with Gasteiger partial charge in [-0.15, -0.1) is 15.3 Å². The molecule has 0 aromatic carbocycles. The fourth-order valence-corrected chi connectivity index (χ4v) is 4.50. The van der Waals surface area contributed by atoms with Crippen LogP contribution in [-0.4, -0.2) is 75.7 Å².